The highest BCUT2D eigenvalue weighted by atomic mass is 15.3. The molecule has 2 rings (SSSR count). The lowest BCUT2D eigenvalue weighted by Crippen LogP contribution is -2.64. The van der Waals surface area contributed by atoms with Crippen molar-refractivity contribution in [3.63, 3.8) is 0 Å². The molecule has 92 valence electrons. The Bertz CT molecular complexity index is 247. The molecule has 1 atom stereocenters. The van der Waals surface area contributed by atoms with Crippen LogP contribution in [0.4, 0.5) is 0 Å². The normalized spacial score (nSPS) is 31.1. The molecule has 1 fully saturated rings. The van der Waals surface area contributed by atoms with Gasteiger partial charge < -0.3 is 5.32 Å². The van der Waals surface area contributed by atoms with Gasteiger partial charge in [-0.3, -0.25) is 4.90 Å². The van der Waals surface area contributed by atoms with Gasteiger partial charge in [0, 0.05) is 30.7 Å². The first-order valence-corrected chi connectivity index (χ1v) is 6.86. The maximum absolute atomic E-state index is 3.77. The summed E-state index contributed by atoms with van der Waals surface area (Å²) in [5, 5.41) is 3.77. The molecule has 0 aromatic heterocycles. The maximum atomic E-state index is 3.77. The topological polar surface area (TPSA) is 15.3 Å². The van der Waals surface area contributed by atoms with E-state index in [0.29, 0.717) is 11.6 Å². The van der Waals surface area contributed by atoms with Crippen LogP contribution < -0.4 is 5.32 Å². The van der Waals surface area contributed by atoms with Crippen molar-refractivity contribution in [2.75, 3.05) is 13.1 Å². The molecule has 0 aromatic rings. The van der Waals surface area contributed by atoms with E-state index in [1.54, 1.807) is 0 Å². The average molecular weight is 222 g/mol. The lowest BCUT2D eigenvalue weighted by molar-refractivity contribution is 0.0482. The molecule has 1 N–H and O–H groups in total. The van der Waals surface area contributed by atoms with E-state index in [2.05, 4.69) is 43.1 Å². The molecule has 1 saturated heterocycles. The van der Waals surface area contributed by atoms with Crippen LogP contribution in [0.2, 0.25) is 0 Å². The monoisotopic (exact) mass is 222 g/mol. The van der Waals surface area contributed by atoms with Gasteiger partial charge in [-0.15, -0.1) is 0 Å². The van der Waals surface area contributed by atoms with Crippen molar-refractivity contribution in [3.8, 4) is 0 Å². The van der Waals surface area contributed by atoms with Gasteiger partial charge >= 0.3 is 0 Å². The fourth-order valence-electron chi connectivity index (χ4n) is 3.13. The standard InChI is InChI=1S/C14H26N2/c1-4-14(5-2)11-16(12(3)10-15-14)13-8-6-7-9-13/h6-7,12-13,15H,4-5,8-11H2,1-3H3. The third-order valence-corrected chi connectivity index (χ3v) is 4.63. The molecule has 16 heavy (non-hydrogen) atoms. The Balaban J connectivity index is 2.05. The van der Waals surface area contributed by atoms with E-state index in [9.17, 15) is 0 Å². The van der Waals surface area contributed by atoms with E-state index < -0.39 is 0 Å². The first kappa shape index (κ1) is 12.1. The quantitative estimate of drug-likeness (QED) is 0.738. The maximum Gasteiger partial charge on any atom is 0.0304 e. The minimum atomic E-state index is 0.370. The average Bonchev–Trinajstić information content (AvgIpc) is 2.84. The predicted octanol–water partition coefficient (Wildman–Crippen LogP) is 2.56. The van der Waals surface area contributed by atoms with Crippen LogP contribution in [0.5, 0.6) is 0 Å². The van der Waals surface area contributed by atoms with Gasteiger partial charge in [-0.05, 0) is 32.6 Å². The lowest BCUT2D eigenvalue weighted by Gasteiger charge is -2.49. The fourth-order valence-corrected chi connectivity index (χ4v) is 3.13. The van der Waals surface area contributed by atoms with Gasteiger partial charge in [0.05, 0.1) is 0 Å². The van der Waals surface area contributed by atoms with Crippen molar-refractivity contribution in [1.82, 2.24) is 10.2 Å². The number of piperazine rings is 1. The Labute approximate surface area is 100 Å². The zero-order valence-corrected chi connectivity index (χ0v) is 11.0. The number of nitrogens with one attached hydrogen (secondary N) is 1. The van der Waals surface area contributed by atoms with Gasteiger partial charge in [0.15, 0.2) is 0 Å². The number of hydrogen-bond acceptors (Lipinski definition) is 2. The van der Waals surface area contributed by atoms with Crippen molar-refractivity contribution in [2.45, 2.75) is 64.1 Å². The third-order valence-electron chi connectivity index (χ3n) is 4.63. The molecule has 0 saturated carbocycles. The third kappa shape index (κ3) is 2.18. The van der Waals surface area contributed by atoms with E-state index in [-0.39, 0.29) is 0 Å². The molecule has 1 aliphatic heterocycles. The van der Waals surface area contributed by atoms with Crippen molar-refractivity contribution in [1.29, 1.82) is 0 Å². The summed E-state index contributed by atoms with van der Waals surface area (Å²) < 4.78 is 0. The van der Waals surface area contributed by atoms with Crippen LogP contribution in [0.25, 0.3) is 0 Å². The van der Waals surface area contributed by atoms with Gasteiger partial charge in [0.2, 0.25) is 0 Å². The summed E-state index contributed by atoms with van der Waals surface area (Å²) >= 11 is 0. The Kier molecular flexibility index (Phi) is 3.70. The van der Waals surface area contributed by atoms with E-state index >= 15 is 0 Å². The summed E-state index contributed by atoms with van der Waals surface area (Å²) in [4.78, 5) is 2.74. The van der Waals surface area contributed by atoms with Crippen LogP contribution in [0.15, 0.2) is 12.2 Å². The largest absolute Gasteiger partial charge is 0.308 e. The predicted molar refractivity (Wildman–Crippen MR) is 69.6 cm³/mol. The van der Waals surface area contributed by atoms with Crippen LogP contribution in [0, 0.1) is 0 Å². The smallest absolute Gasteiger partial charge is 0.0304 e. The molecular weight excluding hydrogens is 196 g/mol. The number of rotatable bonds is 3. The highest BCUT2D eigenvalue weighted by Gasteiger charge is 2.37. The molecule has 2 aliphatic rings. The molecule has 0 aromatic carbocycles. The van der Waals surface area contributed by atoms with Crippen molar-refractivity contribution < 1.29 is 0 Å². The van der Waals surface area contributed by atoms with Gasteiger partial charge in [-0.1, -0.05) is 26.0 Å². The minimum absolute atomic E-state index is 0.370. The molecular formula is C14H26N2. The van der Waals surface area contributed by atoms with Crippen LogP contribution in [-0.2, 0) is 0 Å². The molecule has 0 amide bonds. The van der Waals surface area contributed by atoms with E-state index in [1.165, 1.54) is 32.2 Å². The zero-order chi connectivity index (χ0) is 11.6. The highest BCUT2D eigenvalue weighted by Crippen LogP contribution is 2.28. The molecule has 0 spiro atoms. The van der Waals surface area contributed by atoms with Crippen molar-refractivity contribution in [3.05, 3.63) is 12.2 Å². The van der Waals surface area contributed by atoms with Gasteiger partial charge in [0.25, 0.3) is 0 Å². The van der Waals surface area contributed by atoms with Crippen LogP contribution in [0.1, 0.15) is 46.5 Å². The Morgan fingerprint density at radius 3 is 2.44 bits per heavy atom. The molecule has 0 bridgehead atoms. The van der Waals surface area contributed by atoms with Gasteiger partial charge in [-0.2, -0.15) is 0 Å². The number of nitrogens with zero attached hydrogens (tertiary/aromatic N) is 1. The minimum Gasteiger partial charge on any atom is -0.308 e. The second-order valence-electron chi connectivity index (χ2n) is 5.49. The first-order valence-electron chi connectivity index (χ1n) is 6.86. The fraction of sp³-hybridized carbons (Fsp3) is 0.857. The van der Waals surface area contributed by atoms with Crippen LogP contribution in [0.3, 0.4) is 0 Å². The Hall–Kier alpha value is -0.340. The first-order chi connectivity index (χ1) is 7.71. The molecule has 1 heterocycles. The highest BCUT2D eigenvalue weighted by molar-refractivity contribution is 5.04. The molecule has 1 aliphatic carbocycles. The summed E-state index contributed by atoms with van der Waals surface area (Å²) in [6.07, 6.45) is 9.69. The summed E-state index contributed by atoms with van der Waals surface area (Å²) in [6.45, 7) is 9.38. The van der Waals surface area contributed by atoms with Crippen LogP contribution >= 0.6 is 0 Å². The zero-order valence-electron chi connectivity index (χ0n) is 11.0. The Morgan fingerprint density at radius 2 is 1.88 bits per heavy atom. The van der Waals surface area contributed by atoms with E-state index in [0.717, 1.165) is 12.6 Å². The van der Waals surface area contributed by atoms with Crippen LogP contribution in [-0.4, -0.2) is 35.6 Å². The summed E-state index contributed by atoms with van der Waals surface area (Å²) in [5.74, 6) is 0. The Morgan fingerprint density at radius 1 is 1.25 bits per heavy atom. The van der Waals surface area contributed by atoms with Crippen molar-refractivity contribution in [2.24, 2.45) is 0 Å². The summed E-state index contributed by atoms with van der Waals surface area (Å²) in [7, 11) is 0. The SMILES string of the molecule is CCC1(CC)CN(C2CC=CC2)C(C)CN1. The molecule has 1 unspecified atom stereocenters. The molecule has 2 heteroatoms. The second kappa shape index (κ2) is 4.89. The van der Waals surface area contributed by atoms with Gasteiger partial charge in [-0.25, -0.2) is 0 Å². The molecule has 2 nitrogen and oxygen atoms in total. The van der Waals surface area contributed by atoms with E-state index in [1.807, 2.05) is 0 Å². The van der Waals surface area contributed by atoms with Gasteiger partial charge in [0.1, 0.15) is 0 Å². The lowest BCUT2D eigenvalue weighted by atomic mass is 9.87. The molecule has 0 radical (unpaired) electrons. The van der Waals surface area contributed by atoms with Crippen molar-refractivity contribution >= 4 is 0 Å². The summed E-state index contributed by atoms with van der Waals surface area (Å²) in [6, 6.07) is 1.46. The number of hydrogen-bond donors (Lipinski definition) is 1. The summed E-state index contributed by atoms with van der Waals surface area (Å²) in [5.41, 5.74) is 0.370. The second-order valence-corrected chi connectivity index (χ2v) is 5.49. The van der Waals surface area contributed by atoms with E-state index in [4.69, 9.17) is 0 Å².